The predicted octanol–water partition coefficient (Wildman–Crippen LogP) is 0.989. The topological polar surface area (TPSA) is 32.3 Å². The third kappa shape index (κ3) is 1.46. The SMILES string of the molecule is Cl.O=C1C=CNC2=CCCCN12. The van der Waals surface area contributed by atoms with E-state index in [0.717, 1.165) is 25.2 Å². The summed E-state index contributed by atoms with van der Waals surface area (Å²) >= 11 is 0. The molecule has 0 unspecified atom stereocenters. The van der Waals surface area contributed by atoms with Crippen molar-refractivity contribution < 1.29 is 4.79 Å². The van der Waals surface area contributed by atoms with Crippen LogP contribution in [0, 0.1) is 0 Å². The number of nitrogens with zero attached hydrogens (tertiary/aromatic N) is 1. The van der Waals surface area contributed by atoms with Crippen LogP contribution in [-0.4, -0.2) is 17.4 Å². The average Bonchev–Trinajstić information content (AvgIpc) is 2.06. The van der Waals surface area contributed by atoms with Crippen LogP contribution < -0.4 is 5.32 Å². The van der Waals surface area contributed by atoms with Crippen LogP contribution in [0.4, 0.5) is 0 Å². The van der Waals surface area contributed by atoms with Crippen molar-refractivity contribution in [2.45, 2.75) is 12.8 Å². The number of hydrogen-bond donors (Lipinski definition) is 1. The molecule has 0 bridgehead atoms. The summed E-state index contributed by atoms with van der Waals surface area (Å²) in [5.41, 5.74) is 0. The molecule has 2 heterocycles. The molecule has 3 nitrogen and oxygen atoms in total. The van der Waals surface area contributed by atoms with Crippen LogP contribution in [0.25, 0.3) is 0 Å². The largest absolute Gasteiger partial charge is 0.348 e. The zero-order valence-corrected chi connectivity index (χ0v) is 7.43. The van der Waals surface area contributed by atoms with E-state index in [1.54, 1.807) is 17.2 Å². The summed E-state index contributed by atoms with van der Waals surface area (Å²) < 4.78 is 0. The minimum Gasteiger partial charge on any atom is -0.348 e. The van der Waals surface area contributed by atoms with Gasteiger partial charge in [0, 0.05) is 18.8 Å². The Bertz CT molecular complexity index is 247. The fraction of sp³-hybridized carbons (Fsp3) is 0.375. The molecule has 66 valence electrons. The van der Waals surface area contributed by atoms with Crippen molar-refractivity contribution in [3.63, 3.8) is 0 Å². The molecular weight excluding hydrogens is 176 g/mol. The first-order valence-corrected chi connectivity index (χ1v) is 3.83. The lowest BCUT2D eigenvalue weighted by atomic mass is 10.2. The van der Waals surface area contributed by atoms with Gasteiger partial charge in [-0.05, 0) is 18.9 Å². The van der Waals surface area contributed by atoms with Gasteiger partial charge in [-0.3, -0.25) is 9.69 Å². The molecule has 0 atom stereocenters. The first-order valence-electron chi connectivity index (χ1n) is 3.83. The lowest BCUT2D eigenvalue weighted by molar-refractivity contribution is -0.125. The maximum atomic E-state index is 11.2. The second kappa shape index (κ2) is 3.63. The molecule has 1 N–H and O–H groups in total. The molecule has 0 saturated heterocycles. The van der Waals surface area contributed by atoms with Gasteiger partial charge in [0.2, 0.25) is 0 Å². The number of amides is 1. The van der Waals surface area contributed by atoms with Gasteiger partial charge in [0.25, 0.3) is 5.91 Å². The van der Waals surface area contributed by atoms with Gasteiger partial charge in [0.1, 0.15) is 5.82 Å². The van der Waals surface area contributed by atoms with Crippen LogP contribution in [0.2, 0.25) is 0 Å². The number of carbonyl (C=O) groups excluding carboxylic acids is 1. The van der Waals surface area contributed by atoms with E-state index in [2.05, 4.69) is 11.4 Å². The number of fused-ring (bicyclic) bond motifs is 1. The third-order valence-corrected chi connectivity index (χ3v) is 1.94. The molecule has 0 aromatic rings. The van der Waals surface area contributed by atoms with E-state index in [0.29, 0.717) is 0 Å². The Morgan fingerprint density at radius 2 is 2.33 bits per heavy atom. The molecule has 4 heteroatoms. The molecule has 0 aromatic carbocycles. The first kappa shape index (κ1) is 9.13. The highest BCUT2D eigenvalue weighted by Crippen LogP contribution is 2.15. The van der Waals surface area contributed by atoms with E-state index < -0.39 is 0 Å². The second-order valence-corrected chi connectivity index (χ2v) is 2.70. The fourth-order valence-electron chi connectivity index (χ4n) is 1.37. The summed E-state index contributed by atoms with van der Waals surface area (Å²) in [6, 6.07) is 0. The fourth-order valence-corrected chi connectivity index (χ4v) is 1.37. The van der Waals surface area contributed by atoms with Crippen molar-refractivity contribution in [2.75, 3.05) is 6.54 Å². The first-order chi connectivity index (χ1) is 5.38. The molecular formula is C8H11ClN2O. The van der Waals surface area contributed by atoms with Crippen LogP contribution in [-0.2, 0) is 4.79 Å². The molecule has 2 aliphatic rings. The average molecular weight is 187 g/mol. The highest BCUT2D eigenvalue weighted by Gasteiger charge is 2.20. The van der Waals surface area contributed by atoms with Gasteiger partial charge in [-0.15, -0.1) is 12.4 Å². The zero-order valence-electron chi connectivity index (χ0n) is 6.62. The minimum atomic E-state index is 0. The van der Waals surface area contributed by atoms with Gasteiger partial charge in [-0.2, -0.15) is 0 Å². The second-order valence-electron chi connectivity index (χ2n) is 2.70. The number of carbonyl (C=O) groups is 1. The van der Waals surface area contributed by atoms with Crippen molar-refractivity contribution in [3.8, 4) is 0 Å². The van der Waals surface area contributed by atoms with E-state index in [1.165, 1.54) is 0 Å². The number of halogens is 1. The normalized spacial score (nSPS) is 20.5. The smallest absolute Gasteiger partial charge is 0.253 e. The molecule has 0 aliphatic carbocycles. The molecule has 2 aliphatic heterocycles. The summed E-state index contributed by atoms with van der Waals surface area (Å²) in [4.78, 5) is 13.0. The predicted molar refractivity (Wildman–Crippen MR) is 48.6 cm³/mol. The Morgan fingerprint density at radius 3 is 3.08 bits per heavy atom. The van der Waals surface area contributed by atoms with Crippen molar-refractivity contribution in [1.82, 2.24) is 10.2 Å². The molecule has 0 radical (unpaired) electrons. The summed E-state index contributed by atoms with van der Waals surface area (Å²) in [5, 5.41) is 3.04. The lowest BCUT2D eigenvalue weighted by Crippen LogP contribution is -2.39. The van der Waals surface area contributed by atoms with E-state index in [9.17, 15) is 4.79 Å². The van der Waals surface area contributed by atoms with E-state index in [1.807, 2.05) is 0 Å². The zero-order chi connectivity index (χ0) is 7.68. The van der Waals surface area contributed by atoms with Gasteiger partial charge in [-0.25, -0.2) is 0 Å². The molecule has 2 rings (SSSR count). The van der Waals surface area contributed by atoms with E-state index in [-0.39, 0.29) is 18.3 Å². The van der Waals surface area contributed by atoms with Gasteiger partial charge in [0.05, 0.1) is 0 Å². The Hall–Kier alpha value is -0.960. The van der Waals surface area contributed by atoms with Gasteiger partial charge < -0.3 is 5.32 Å². The standard InChI is InChI=1S/C8H10N2O.ClH/c11-8-4-5-9-7-3-1-2-6-10(7)8;/h3-5,9H,1-2,6H2;1H. The van der Waals surface area contributed by atoms with Gasteiger partial charge in [0.15, 0.2) is 0 Å². The molecule has 12 heavy (non-hydrogen) atoms. The van der Waals surface area contributed by atoms with Crippen LogP contribution in [0.15, 0.2) is 24.2 Å². The Morgan fingerprint density at radius 1 is 1.50 bits per heavy atom. The summed E-state index contributed by atoms with van der Waals surface area (Å²) in [6.45, 7) is 0.849. The van der Waals surface area contributed by atoms with Crippen LogP contribution in [0.5, 0.6) is 0 Å². The Balaban J connectivity index is 0.000000720. The number of rotatable bonds is 0. The Kier molecular flexibility index (Phi) is 2.76. The summed E-state index contributed by atoms with van der Waals surface area (Å²) in [6.07, 6.45) is 7.45. The number of nitrogens with one attached hydrogen (secondary N) is 1. The van der Waals surface area contributed by atoms with E-state index in [4.69, 9.17) is 0 Å². The van der Waals surface area contributed by atoms with E-state index >= 15 is 0 Å². The van der Waals surface area contributed by atoms with Crippen LogP contribution in [0.1, 0.15) is 12.8 Å². The highest BCUT2D eigenvalue weighted by molar-refractivity contribution is 5.90. The molecule has 0 saturated carbocycles. The molecule has 0 fully saturated rings. The van der Waals surface area contributed by atoms with Crippen molar-refractivity contribution in [1.29, 1.82) is 0 Å². The Labute approximate surface area is 77.5 Å². The lowest BCUT2D eigenvalue weighted by Gasteiger charge is -2.29. The quantitative estimate of drug-likeness (QED) is 0.612. The van der Waals surface area contributed by atoms with Gasteiger partial charge >= 0.3 is 0 Å². The van der Waals surface area contributed by atoms with Crippen molar-refractivity contribution >= 4 is 18.3 Å². The van der Waals surface area contributed by atoms with Crippen LogP contribution in [0.3, 0.4) is 0 Å². The maximum absolute atomic E-state index is 11.2. The number of allylic oxidation sites excluding steroid dienone is 1. The van der Waals surface area contributed by atoms with Crippen molar-refractivity contribution in [2.24, 2.45) is 0 Å². The minimum absolute atomic E-state index is 0. The van der Waals surface area contributed by atoms with Gasteiger partial charge in [-0.1, -0.05) is 0 Å². The molecule has 0 aromatic heterocycles. The summed E-state index contributed by atoms with van der Waals surface area (Å²) in [7, 11) is 0. The van der Waals surface area contributed by atoms with Crippen LogP contribution >= 0.6 is 12.4 Å². The molecule has 1 amide bonds. The molecule has 0 spiro atoms. The third-order valence-electron chi connectivity index (χ3n) is 1.94. The summed E-state index contributed by atoms with van der Waals surface area (Å²) in [5.74, 6) is 1.04. The monoisotopic (exact) mass is 186 g/mol. The highest BCUT2D eigenvalue weighted by atomic mass is 35.5. The maximum Gasteiger partial charge on any atom is 0.253 e. The van der Waals surface area contributed by atoms with Crippen molar-refractivity contribution in [3.05, 3.63) is 24.2 Å². The number of hydrogen-bond acceptors (Lipinski definition) is 2.